The van der Waals surface area contributed by atoms with Crippen LogP contribution in [0.1, 0.15) is 31.0 Å². The average Bonchev–Trinajstić information content (AvgIpc) is 2.61. The number of likely N-dealkylation sites (tertiary alicyclic amines) is 1. The van der Waals surface area contributed by atoms with Crippen LogP contribution < -0.4 is 0 Å². The first kappa shape index (κ1) is 12.6. The Kier molecular flexibility index (Phi) is 3.84. The Labute approximate surface area is 103 Å². The summed E-state index contributed by atoms with van der Waals surface area (Å²) in [5.41, 5.74) is 2.50. The number of aliphatic hydroxyl groups is 1. The van der Waals surface area contributed by atoms with Gasteiger partial charge in [0.2, 0.25) is 0 Å². The van der Waals surface area contributed by atoms with E-state index < -0.39 is 0 Å². The van der Waals surface area contributed by atoms with Crippen molar-refractivity contribution in [2.75, 3.05) is 13.2 Å². The molecule has 1 N–H and O–H groups in total. The molecule has 0 saturated carbocycles. The van der Waals surface area contributed by atoms with Crippen molar-refractivity contribution in [1.82, 2.24) is 14.7 Å². The molecule has 1 saturated heterocycles. The molecule has 2 rings (SSSR count). The van der Waals surface area contributed by atoms with Gasteiger partial charge in [0.15, 0.2) is 0 Å². The molecule has 1 aromatic heterocycles. The van der Waals surface area contributed by atoms with Crippen molar-refractivity contribution in [2.45, 2.75) is 39.3 Å². The number of piperidine rings is 1. The third-order valence-electron chi connectivity index (χ3n) is 4.13. The molecule has 1 aliphatic heterocycles. The van der Waals surface area contributed by atoms with E-state index >= 15 is 0 Å². The normalized spacial score (nSPS) is 26.4. The van der Waals surface area contributed by atoms with E-state index in [1.807, 2.05) is 17.9 Å². The van der Waals surface area contributed by atoms with Gasteiger partial charge in [-0.05, 0) is 32.2 Å². The van der Waals surface area contributed by atoms with Crippen LogP contribution in [0.25, 0.3) is 0 Å². The first-order valence-corrected chi connectivity index (χ1v) is 6.46. The summed E-state index contributed by atoms with van der Waals surface area (Å²) in [5, 5.41) is 13.8. The molecule has 0 spiro atoms. The fraction of sp³-hybridized carbons (Fsp3) is 0.769. The van der Waals surface area contributed by atoms with Crippen LogP contribution in [-0.2, 0) is 13.6 Å². The van der Waals surface area contributed by atoms with Gasteiger partial charge in [-0.15, -0.1) is 0 Å². The molecule has 4 heteroatoms. The Morgan fingerprint density at radius 1 is 1.53 bits per heavy atom. The fourth-order valence-corrected chi connectivity index (χ4v) is 2.74. The van der Waals surface area contributed by atoms with Gasteiger partial charge >= 0.3 is 0 Å². The van der Waals surface area contributed by atoms with E-state index in [4.69, 9.17) is 0 Å². The summed E-state index contributed by atoms with van der Waals surface area (Å²) in [6, 6.07) is 0.309. The van der Waals surface area contributed by atoms with Crippen LogP contribution in [0, 0.1) is 12.8 Å². The van der Waals surface area contributed by atoms with Crippen molar-refractivity contribution in [3.8, 4) is 0 Å². The fourth-order valence-electron chi connectivity index (χ4n) is 2.74. The van der Waals surface area contributed by atoms with Gasteiger partial charge in [0.25, 0.3) is 0 Å². The maximum atomic E-state index is 9.52. The molecule has 2 unspecified atom stereocenters. The summed E-state index contributed by atoms with van der Waals surface area (Å²) < 4.78 is 1.91. The minimum Gasteiger partial charge on any atom is -0.395 e. The predicted octanol–water partition coefficient (Wildman–Crippen LogP) is 1.32. The number of hydrogen-bond acceptors (Lipinski definition) is 3. The molecule has 0 bridgehead atoms. The third kappa shape index (κ3) is 2.53. The second-order valence-electron chi connectivity index (χ2n) is 5.22. The summed E-state index contributed by atoms with van der Waals surface area (Å²) in [4.78, 5) is 2.40. The lowest BCUT2D eigenvalue weighted by Gasteiger charge is -2.38. The summed E-state index contributed by atoms with van der Waals surface area (Å²) in [6.45, 7) is 6.60. The van der Waals surface area contributed by atoms with Crippen molar-refractivity contribution in [1.29, 1.82) is 0 Å². The Morgan fingerprint density at radius 2 is 2.29 bits per heavy atom. The van der Waals surface area contributed by atoms with Gasteiger partial charge in [0.05, 0.1) is 12.8 Å². The topological polar surface area (TPSA) is 41.3 Å². The van der Waals surface area contributed by atoms with Gasteiger partial charge in [-0.25, -0.2) is 0 Å². The van der Waals surface area contributed by atoms with Crippen LogP contribution in [0.3, 0.4) is 0 Å². The van der Waals surface area contributed by atoms with E-state index in [2.05, 4.69) is 23.8 Å². The average molecular weight is 237 g/mol. The summed E-state index contributed by atoms with van der Waals surface area (Å²) in [7, 11) is 1.97. The summed E-state index contributed by atoms with van der Waals surface area (Å²) in [6.07, 6.45) is 4.41. The molecule has 4 nitrogen and oxygen atoms in total. The zero-order valence-corrected chi connectivity index (χ0v) is 11.1. The van der Waals surface area contributed by atoms with Crippen LogP contribution in [-0.4, -0.2) is 39.0 Å². The Bertz CT molecular complexity index is 375. The van der Waals surface area contributed by atoms with Crippen LogP contribution in [0.15, 0.2) is 6.20 Å². The minimum absolute atomic E-state index is 0.264. The van der Waals surface area contributed by atoms with E-state index in [1.54, 1.807) is 0 Å². The van der Waals surface area contributed by atoms with Gasteiger partial charge in [-0.2, -0.15) is 5.10 Å². The van der Waals surface area contributed by atoms with Crippen LogP contribution >= 0.6 is 0 Å². The molecule has 1 fully saturated rings. The highest BCUT2D eigenvalue weighted by Crippen LogP contribution is 2.25. The molecular formula is C13H23N3O. The Balaban J connectivity index is 2.09. The van der Waals surface area contributed by atoms with Crippen LogP contribution in [0.4, 0.5) is 0 Å². The lowest BCUT2D eigenvalue weighted by Crippen LogP contribution is -2.46. The molecule has 0 aliphatic carbocycles. The van der Waals surface area contributed by atoms with Gasteiger partial charge in [0.1, 0.15) is 0 Å². The number of nitrogens with zero attached hydrogens (tertiary/aromatic N) is 3. The molecule has 0 radical (unpaired) electrons. The zero-order valence-electron chi connectivity index (χ0n) is 11.1. The molecule has 2 atom stereocenters. The largest absolute Gasteiger partial charge is 0.395 e. The molecule has 0 aromatic carbocycles. The first-order chi connectivity index (χ1) is 8.13. The standard InChI is InChI=1S/C13H23N3O/c1-10-5-4-6-16(13(10)9-17)8-12-7-14-15(3)11(12)2/h7,10,13,17H,4-6,8-9H2,1-3H3. The Hall–Kier alpha value is -0.870. The number of aryl methyl sites for hydroxylation is 1. The molecule has 0 amide bonds. The molecule has 17 heavy (non-hydrogen) atoms. The smallest absolute Gasteiger partial charge is 0.0589 e. The van der Waals surface area contributed by atoms with Gasteiger partial charge in [0, 0.05) is 30.9 Å². The highest BCUT2D eigenvalue weighted by atomic mass is 16.3. The van der Waals surface area contributed by atoms with E-state index in [0.29, 0.717) is 12.0 Å². The van der Waals surface area contributed by atoms with Crippen molar-refractivity contribution < 1.29 is 5.11 Å². The monoisotopic (exact) mass is 237 g/mol. The van der Waals surface area contributed by atoms with Gasteiger partial charge in [-0.3, -0.25) is 9.58 Å². The van der Waals surface area contributed by atoms with Gasteiger partial charge in [-0.1, -0.05) is 6.92 Å². The van der Waals surface area contributed by atoms with Crippen LogP contribution in [0.2, 0.25) is 0 Å². The first-order valence-electron chi connectivity index (χ1n) is 6.46. The predicted molar refractivity (Wildman–Crippen MR) is 67.6 cm³/mol. The van der Waals surface area contributed by atoms with E-state index in [-0.39, 0.29) is 6.61 Å². The number of hydrogen-bond donors (Lipinski definition) is 1. The maximum Gasteiger partial charge on any atom is 0.0589 e. The van der Waals surface area contributed by atoms with Crippen molar-refractivity contribution in [3.05, 3.63) is 17.5 Å². The summed E-state index contributed by atoms with van der Waals surface area (Å²) in [5.74, 6) is 0.589. The molecular weight excluding hydrogens is 214 g/mol. The Morgan fingerprint density at radius 3 is 2.88 bits per heavy atom. The number of rotatable bonds is 3. The zero-order chi connectivity index (χ0) is 12.4. The van der Waals surface area contributed by atoms with Crippen molar-refractivity contribution >= 4 is 0 Å². The molecule has 1 aliphatic rings. The highest BCUT2D eigenvalue weighted by molar-refractivity contribution is 5.16. The third-order valence-corrected chi connectivity index (χ3v) is 4.13. The number of aliphatic hydroxyl groups excluding tert-OH is 1. The van der Waals surface area contributed by atoms with E-state index in [1.165, 1.54) is 24.1 Å². The van der Waals surface area contributed by atoms with Gasteiger partial charge < -0.3 is 5.11 Å². The minimum atomic E-state index is 0.264. The van der Waals surface area contributed by atoms with E-state index in [9.17, 15) is 5.11 Å². The molecule has 96 valence electrons. The lowest BCUT2D eigenvalue weighted by molar-refractivity contribution is 0.0471. The SMILES string of the molecule is Cc1c(CN2CCCC(C)C2CO)cnn1C. The van der Waals surface area contributed by atoms with E-state index in [0.717, 1.165) is 13.1 Å². The lowest BCUT2D eigenvalue weighted by atomic mass is 9.91. The maximum absolute atomic E-state index is 9.52. The second kappa shape index (κ2) is 5.19. The van der Waals surface area contributed by atoms with Crippen molar-refractivity contribution in [2.24, 2.45) is 13.0 Å². The summed E-state index contributed by atoms with van der Waals surface area (Å²) >= 11 is 0. The quantitative estimate of drug-likeness (QED) is 0.862. The van der Waals surface area contributed by atoms with Crippen molar-refractivity contribution in [3.63, 3.8) is 0 Å². The van der Waals surface area contributed by atoms with Crippen LogP contribution in [0.5, 0.6) is 0 Å². The molecule has 2 heterocycles. The highest BCUT2D eigenvalue weighted by Gasteiger charge is 2.28. The number of aromatic nitrogens is 2. The second-order valence-corrected chi connectivity index (χ2v) is 5.22. The molecule has 1 aromatic rings.